The summed E-state index contributed by atoms with van der Waals surface area (Å²) in [5, 5.41) is 13.1. The van der Waals surface area contributed by atoms with Crippen LogP contribution in [0.15, 0.2) is 54.9 Å². The van der Waals surface area contributed by atoms with Gasteiger partial charge in [0.25, 0.3) is 0 Å². The number of piperidine rings is 3. The molecule has 0 radical (unpaired) electrons. The fraction of sp³-hybridized carbons (Fsp3) is 0.364. The van der Waals surface area contributed by atoms with Crippen LogP contribution < -0.4 is 5.32 Å². The van der Waals surface area contributed by atoms with E-state index in [1.54, 1.807) is 30.5 Å². The van der Waals surface area contributed by atoms with Gasteiger partial charge in [0.1, 0.15) is 5.75 Å². The minimum atomic E-state index is -0.104. The molecule has 5 heteroatoms. The Balaban J connectivity index is 1.46. The number of phenolic OH excluding ortho intramolecular Hbond substituents is 1. The smallest absolute Gasteiger partial charge is 0.244 e. The second-order valence-electron chi connectivity index (χ2n) is 7.43. The summed E-state index contributed by atoms with van der Waals surface area (Å²) in [6, 6.07) is 11.5. The Morgan fingerprint density at radius 1 is 1.22 bits per heavy atom. The van der Waals surface area contributed by atoms with Gasteiger partial charge in [0, 0.05) is 36.1 Å². The van der Waals surface area contributed by atoms with Crippen molar-refractivity contribution < 1.29 is 9.90 Å². The first kappa shape index (κ1) is 17.7. The summed E-state index contributed by atoms with van der Waals surface area (Å²) < 4.78 is 0. The lowest BCUT2D eigenvalue weighted by molar-refractivity contribution is -0.119. The van der Waals surface area contributed by atoms with Crippen LogP contribution in [0.25, 0.3) is 6.08 Å². The van der Waals surface area contributed by atoms with Crippen molar-refractivity contribution in [2.45, 2.75) is 31.3 Å². The molecule has 5 rings (SSSR count). The number of carbonyl (C=O) groups is 1. The van der Waals surface area contributed by atoms with Crippen LogP contribution >= 0.6 is 0 Å². The topological polar surface area (TPSA) is 65.5 Å². The molecule has 3 saturated heterocycles. The maximum atomic E-state index is 12.6. The molecule has 140 valence electrons. The summed E-state index contributed by atoms with van der Waals surface area (Å²) in [5.74, 6) is 0.603. The van der Waals surface area contributed by atoms with Gasteiger partial charge in [-0.2, -0.15) is 0 Å². The summed E-state index contributed by atoms with van der Waals surface area (Å²) in [5.41, 5.74) is 1.85. The summed E-state index contributed by atoms with van der Waals surface area (Å²) in [6.45, 7) is 2.21. The molecule has 1 aromatic carbocycles. The fourth-order valence-corrected chi connectivity index (χ4v) is 4.39. The van der Waals surface area contributed by atoms with E-state index in [-0.39, 0.29) is 17.7 Å². The molecule has 0 aliphatic carbocycles. The van der Waals surface area contributed by atoms with E-state index in [4.69, 9.17) is 0 Å². The number of pyridine rings is 1. The van der Waals surface area contributed by atoms with E-state index in [1.807, 2.05) is 18.3 Å². The maximum absolute atomic E-state index is 12.6. The van der Waals surface area contributed by atoms with E-state index < -0.39 is 0 Å². The zero-order valence-corrected chi connectivity index (χ0v) is 15.3. The van der Waals surface area contributed by atoms with Gasteiger partial charge in [-0.25, -0.2) is 0 Å². The van der Waals surface area contributed by atoms with Crippen molar-refractivity contribution >= 4 is 12.0 Å². The van der Waals surface area contributed by atoms with Crippen LogP contribution in [0.5, 0.6) is 5.75 Å². The van der Waals surface area contributed by atoms with Gasteiger partial charge >= 0.3 is 0 Å². The first-order valence-electron chi connectivity index (χ1n) is 9.60. The van der Waals surface area contributed by atoms with Gasteiger partial charge in [-0.15, -0.1) is 0 Å². The lowest BCUT2D eigenvalue weighted by Gasteiger charge is -2.51. The van der Waals surface area contributed by atoms with E-state index in [9.17, 15) is 9.90 Å². The Labute approximate surface area is 159 Å². The standard InChI is InChI=1S/C22H25N3O2/c26-20-6-2-1-5-17(20)7-8-21(27)24-22-18-9-12-25(13-10-18)19(22)14-16-4-3-11-23-15-16/h1-8,11,15,18-19,22,26H,9-10,12-14H2,(H,24,27)/b8-7+. The van der Waals surface area contributed by atoms with Crippen LogP contribution in [-0.4, -0.2) is 46.1 Å². The molecule has 2 bridgehead atoms. The van der Waals surface area contributed by atoms with Crippen molar-refractivity contribution in [3.8, 4) is 5.75 Å². The van der Waals surface area contributed by atoms with Gasteiger partial charge in [0.15, 0.2) is 0 Å². The molecule has 3 aliphatic heterocycles. The van der Waals surface area contributed by atoms with Gasteiger partial charge in [-0.05, 0) is 62.0 Å². The van der Waals surface area contributed by atoms with Gasteiger partial charge in [0.2, 0.25) is 5.91 Å². The predicted molar refractivity (Wildman–Crippen MR) is 105 cm³/mol. The zero-order valence-electron chi connectivity index (χ0n) is 15.3. The number of rotatable bonds is 5. The molecule has 27 heavy (non-hydrogen) atoms. The fourth-order valence-electron chi connectivity index (χ4n) is 4.39. The number of para-hydroxylation sites is 1. The Morgan fingerprint density at radius 3 is 2.78 bits per heavy atom. The third-order valence-electron chi connectivity index (χ3n) is 5.79. The third kappa shape index (κ3) is 4.03. The quantitative estimate of drug-likeness (QED) is 0.802. The number of hydrogen-bond acceptors (Lipinski definition) is 4. The average molecular weight is 363 g/mol. The Hall–Kier alpha value is -2.66. The number of amides is 1. The van der Waals surface area contributed by atoms with E-state index in [0.717, 1.165) is 32.4 Å². The van der Waals surface area contributed by atoms with Gasteiger partial charge in [-0.3, -0.25) is 14.7 Å². The van der Waals surface area contributed by atoms with Crippen molar-refractivity contribution in [3.63, 3.8) is 0 Å². The molecular weight excluding hydrogens is 338 g/mol. The number of carbonyl (C=O) groups excluding carboxylic acids is 1. The molecule has 5 nitrogen and oxygen atoms in total. The van der Waals surface area contributed by atoms with Gasteiger partial charge in [0.05, 0.1) is 0 Å². The number of aromatic hydroxyl groups is 1. The number of nitrogens with zero attached hydrogens (tertiary/aromatic N) is 2. The van der Waals surface area contributed by atoms with Crippen molar-refractivity contribution in [2.24, 2.45) is 5.92 Å². The minimum absolute atomic E-state index is 0.104. The van der Waals surface area contributed by atoms with Crippen LogP contribution in [0.3, 0.4) is 0 Å². The molecule has 0 spiro atoms. The van der Waals surface area contributed by atoms with Crippen molar-refractivity contribution in [1.29, 1.82) is 0 Å². The predicted octanol–water partition coefficient (Wildman–Crippen LogP) is 2.62. The highest BCUT2D eigenvalue weighted by Gasteiger charge is 2.42. The lowest BCUT2D eigenvalue weighted by Crippen LogP contribution is -2.64. The van der Waals surface area contributed by atoms with E-state index in [0.29, 0.717) is 17.5 Å². The SMILES string of the molecule is O=C(/C=C/c1ccccc1O)NC1C2CCN(CC2)C1Cc1cccnc1. The monoisotopic (exact) mass is 363 g/mol. The van der Waals surface area contributed by atoms with Crippen LogP contribution in [0, 0.1) is 5.92 Å². The summed E-state index contributed by atoms with van der Waals surface area (Å²) in [4.78, 5) is 19.3. The highest BCUT2D eigenvalue weighted by Crippen LogP contribution is 2.34. The molecular formula is C22H25N3O2. The third-order valence-corrected chi connectivity index (χ3v) is 5.79. The van der Waals surface area contributed by atoms with E-state index in [1.165, 1.54) is 11.6 Å². The first-order chi connectivity index (χ1) is 13.2. The molecule has 1 aromatic heterocycles. The zero-order chi connectivity index (χ0) is 18.6. The molecule has 2 aromatic rings. The van der Waals surface area contributed by atoms with Gasteiger partial charge < -0.3 is 10.4 Å². The molecule has 3 fully saturated rings. The average Bonchev–Trinajstić information content (AvgIpc) is 2.71. The maximum Gasteiger partial charge on any atom is 0.244 e. The Morgan fingerprint density at radius 2 is 2.04 bits per heavy atom. The van der Waals surface area contributed by atoms with Crippen molar-refractivity contribution in [1.82, 2.24) is 15.2 Å². The number of phenols is 1. The van der Waals surface area contributed by atoms with Crippen molar-refractivity contribution in [2.75, 3.05) is 13.1 Å². The molecule has 3 aliphatic rings. The molecule has 1 amide bonds. The minimum Gasteiger partial charge on any atom is -0.507 e. The number of hydrogen-bond donors (Lipinski definition) is 2. The largest absolute Gasteiger partial charge is 0.507 e. The highest BCUT2D eigenvalue weighted by atomic mass is 16.3. The second kappa shape index (κ2) is 7.92. The Kier molecular flexibility index (Phi) is 5.21. The molecule has 2 unspecified atom stereocenters. The molecule has 4 heterocycles. The van der Waals surface area contributed by atoms with E-state index >= 15 is 0 Å². The first-order valence-corrected chi connectivity index (χ1v) is 9.60. The van der Waals surface area contributed by atoms with Gasteiger partial charge in [-0.1, -0.05) is 24.3 Å². The number of nitrogens with one attached hydrogen (secondary N) is 1. The number of fused-ring (bicyclic) bond motifs is 3. The van der Waals surface area contributed by atoms with Crippen LogP contribution in [-0.2, 0) is 11.2 Å². The molecule has 2 N–H and O–H groups in total. The lowest BCUT2D eigenvalue weighted by atomic mass is 9.77. The normalized spacial score (nSPS) is 27.0. The summed E-state index contributed by atoms with van der Waals surface area (Å²) in [6.07, 6.45) is 10.1. The second-order valence-corrected chi connectivity index (χ2v) is 7.43. The number of aromatic nitrogens is 1. The highest BCUT2D eigenvalue weighted by molar-refractivity contribution is 5.92. The van der Waals surface area contributed by atoms with Crippen LogP contribution in [0.1, 0.15) is 24.0 Å². The Bertz CT molecular complexity index is 813. The van der Waals surface area contributed by atoms with E-state index in [2.05, 4.69) is 21.3 Å². The summed E-state index contributed by atoms with van der Waals surface area (Å²) in [7, 11) is 0. The molecule has 0 saturated carbocycles. The van der Waals surface area contributed by atoms with Crippen LogP contribution in [0.2, 0.25) is 0 Å². The number of benzene rings is 1. The van der Waals surface area contributed by atoms with Crippen molar-refractivity contribution in [3.05, 3.63) is 66.0 Å². The van der Waals surface area contributed by atoms with Crippen LogP contribution in [0.4, 0.5) is 0 Å². The summed E-state index contributed by atoms with van der Waals surface area (Å²) >= 11 is 0. The molecule has 2 atom stereocenters.